The molecule has 0 aliphatic carbocycles. The second-order valence-electron chi connectivity index (χ2n) is 6.23. The van der Waals surface area contributed by atoms with Crippen LogP contribution in [-0.4, -0.2) is 16.0 Å². The van der Waals surface area contributed by atoms with Gasteiger partial charge in [0.2, 0.25) is 0 Å². The van der Waals surface area contributed by atoms with Crippen LogP contribution in [0.1, 0.15) is 43.5 Å². The van der Waals surface area contributed by atoms with Gasteiger partial charge >= 0.3 is 0 Å². The SMILES string of the molecule is CC(C)(C)c1csc(CC(N)CCc2ccncc2)n1. The molecule has 3 nitrogen and oxygen atoms in total. The summed E-state index contributed by atoms with van der Waals surface area (Å²) in [6.45, 7) is 6.57. The summed E-state index contributed by atoms with van der Waals surface area (Å²) in [7, 11) is 0. The third-order valence-corrected chi connectivity index (χ3v) is 4.18. The van der Waals surface area contributed by atoms with E-state index in [0.717, 1.165) is 24.3 Å². The number of nitrogens with zero attached hydrogens (tertiary/aromatic N) is 2. The van der Waals surface area contributed by atoms with Crippen molar-refractivity contribution >= 4 is 11.3 Å². The molecule has 4 heteroatoms. The molecule has 0 spiro atoms. The van der Waals surface area contributed by atoms with Crippen molar-refractivity contribution in [1.29, 1.82) is 0 Å². The Labute approximate surface area is 125 Å². The Morgan fingerprint density at radius 3 is 2.55 bits per heavy atom. The number of aryl methyl sites for hydroxylation is 1. The van der Waals surface area contributed by atoms with E-state index in [2.05, 4.69) is 31.1 Å². The van der Waals surface area contributed by atoms with Gasteiger partial charge in [-0.15, -0.1) is 11.3 Å². The number of aromatic nitrogens is 2. The summed E-state index contributed by atoms with van der Waals surface area (Å²) in [5.41, 5.74) is 8.81. The van der Waals surface area contributed by atoms with E-state index in [4.69, 9.17) is 10.7 Å². The molecule has 0 aromatic carbocycles. The van der Waals surface area contributed by atoms with E-state index < -0.39 is 0 Å². The predicted octanol–water partition coefficient (Wildman–Crippen LogP) is 3.34. The Kier molecular flexibility index (Phi) is 4.89. The molecule has 20 heavy (non-hydrogen) atoms. The summed E-state index contributed by atoms with van der Waals surface area (Å²) in [4.78, 5) is 8.73. The van der Waals surface area contributed by atoms with Crippen LogP contribution >= 0.6 is 11.3 Å². The van der Waals surface area contributed by atoms with Crippen LogP contribution in [0.5, 0.6) is 0 Å². The molecular weight excluding hydrogens is 266 g/mol. The van der Waals surface area contributed by atoms with Crippen LogP contribution in [0.4, 0.5) is 0 Å². The minimum Gasteiger partial charge on any atom is -0.327 e. The molecule has 2 N–H and O–H groups in total. The predicted molar refractivity (Wildman–Crippen MR) is 85.1 cm³/mol. The van der Waals surface area contributed by atoms with Gasteiger partial charge in [-0.05, 0) is 30.5 Å². The molecule has 2 aromatic heterocycles. The molecule has 0 amide bonds. The molecule has 108 valence electrons. The van der Waals surface area contributed by atoms with Gasteiger partial charge in [0.15, 0.2) is 0 Å². The van der Waals surface area contributed by atoms with E-state index in [1.54, 1.807) is 11.3 Å². The van der Waals surface area contributed by atoms with Crippen LogP contribution in [0.3, 0.4) is 0 Å². The van der Waals surface area contributed by atoms with Crippen molar-refractivity contribution in [2.75, 3.05) is 0 Å². The summed E-state index contributed by atoms with van der Waals surface area (Å²) in [6.07, 6.45) is 6.51. The Balaban J connectivity index is 1.85. The van der Waals surface area contributed by atoms with Gasteiger partial charge in [-0.3, -0.25) is 4.98 Å². The summed E-state index contributed by atoms with van der Waals surface area (Å²) in [5, 5.41) is 3.31. The highest BCUT2D eigenvalue weighted by Crippen LogP contribution is 2.24. The van der Waals surface area contributed by atoms with Gasteiger partial charge in [0.25, 0.3) is 0 Å². The van der Waals surface area contributed by atoms with Gasteiger partial charge in [-0.1, -0.05) is 20.8 Å². The molecular formula is C16H23N3S. The molecule has 2 rings (SSSR count). The van der Waals surface area contributed by atoms with E-state index in [9.17, 15) is 0 Å². The molecule has 0 fully saturated rings. The first-order chi connectivity index (χ1) is 9.45. The van der Waals surface area contributed by atoms with Gasteiger partial charge < -0.3 is 5.73 Å². The number of hydrogen-bond acceptors (Lipinski definition) is 4. The Bertz CT molecular complexity index is 528. The quantitative estimate of drug-likeness (QED) is 0.918. The summed E-state index contributed by atoms with van der Waals surface area (Å²) >= 11 is 1.73. The molecule has 2 heterocycles. The average molecular weight is 289 g/mol. The van der Waals surface area contributed by atoms with Gasteiger partial charge in [-0.2, -0.15) is 0 Å². The van der Waals surface area contributed by atoms with Crippen molar-refractivity contribution in [3.8, 4) is 0 Å². The van der Waals surface area contributed by atoms with Crippen LogP contribution in [0.25, 0.3) is 0 Å². The normalized spacial score (nSPS) is 13.4. The molecule has 0 bridgehead atoms. The van der Waals surface area contributed by atoms with Crippen LogP contribution in [0.15, 0.2) is 29.9 Å². The maximum atomic E-state index is 6.22. The Morgan fingerprint density at radius 1 is 1.25 bits per heavy atom. The van der Waals surface area contributed by atoms with Crippen molar-refractivity contribution in [1.82, 2.24) is 9.97 Å². The summed E-state index contributed by atoms with van der Waals surface area (Å²) in [5.74, 6) is 0. The molecule has 0 radical (unpaired) electrons. The molecule has 0 saturated carbocycles. The zero-order chi connectivity index (χ0) is 14.6. The Morgan fingerprint density at radius 2 is 1.95 bits per heavy atom. The van der Waals surface area contributed by atoms with Gasteiger partial charge in [0.1, 0.15) is 0 Å². The third-order valence-electron chi connectivity index (χ3n) is 3.31. The van der Waals surface area contributed by atoms with Crippen LogP contribution in [0, 0.1) is 0 Å². The first-order valence-electron chi connectivity index (χ1n) is 7.04. The fraction of sp³-hybridized carbons (Fsp3) is 0.500. The van der Waals surface area contributed by atoms with Crippen molar-refractivity contribution in [2.24, 2.45) is 5.73 Å². The van der Waals surface area contributed by atoms with E-state index in [-0.39, 0.29) is 11.5 Å². The Hall–Kier alpha value is -1.26. The molecule has 1 unspecified atom stereocenters. The molecule has 0 aliphatic rings. The minimum atomic E-state index is 0.121. The number of pyridine rings is 1. The van der Waals surface area contributed by atoms with Crippen LogP contribution < -0.4 is 5.73 Å². The first-order valence-corrected chi connectivity index (χ1v) is 7.92. The van der Waals surface area contributed by atoms with E-state index in [1.807, 2.05) is 24.5 Å². The third kappa shape index (κ3) is 4.39. The molecule has 1 atom stereocenters. The highest BCUT2D eigenvalue weighted by molar-refractivity contribution is 7.09. The van der Waals surface area contributed by atoms with E-state index in [0.29, 0.717) is 0 Å². The standard InChI is InChI=1S/C16H23N3S/c1-16(2,3)14-11-20-15(19-14)10-13(17)5-4-12-6-8-18-9-7-12/h6-9,11,13H,4-5,10,17H2,1-3H3. The molecule has 2 aromatic rings. The van der Waals surface area contributed by atoms with Crippen molar-refractivity contribution in [3.63, 3.8) is 0 Å². The maximum Gasteiger partial charge on any atom is 0.0943 e. The minimum absolute atomic E-state index is 0.121. The molecule has 0 saturated heterocycles. The van der Waals surface area contributed by atoms with Crippen LogP contribution in [0.2, 0.25) is 0 Å². The van der Waals surface area contributed by atoms with Gasteiger partial charge in [0.05, 0.1) is 10.7 Å². The lowest BCUT2D eigenvalue weighted by Crippen LogP contribution is -2.23. The number of nitrogens with two attached hydrogens (primary N) is 1. The van der Waals surface area contributed by atoms with Crippen molar-refractivity contribution in [2.45, 2.75) is 51.5 Å². The second kappa shape index (κ2) is 6.46. The van der Waals surface area contributed by atoms with Crippen molar-refractivity contribution < 1.29 is 0 Å². The molecule has 0 aliphatic heterocycles. The zero-order valence-electron chi connectivity index (χ0n) is 12.5. The van der Waals surface area contributed by atoms with Crippen LogP contribution in [-0.2, 0) is 18.3 Å². The largest absolute Gasteiger partial charge is 0.327 e. The van der Waals surface area contributed by atoms with E-state index in [1.165, 1.54) is 11.3 Å². The number of hydrogen-bond donors (Lipinski definition) is 1. The summed E-state index contributed by atoms with van der Waals surface area (Å²) in [6, 6.07) is 4.27. The average Bonchev–Trinajstić information content (AvgIpc) is 2.86. The lowest BCUT2D eigenvalue weighted by atomic mass is 9.93. The fourth-order valence-electron chi connectivity index (χ4n) is 1.98. The second-order valence-corrected chi connectivity index (χ2v) is 7.18. The number of thiazole rings is 1. The maximum absolute atomic E-state index is 6.22. The highest BCUT2D eigenvalue weighted by Gasteiger charge is 2.18. The topological polar surface area (TPSA) is 51.8 Å². The first kappa shape index (κ1) is 15.1. The lowest BCUT2D eigenvalue weighted by molar-refractivity contribution is 0.564. The lowest BCUT2D eigenvalue weighted by Gasteiger charge is -2.14. The van der Waals surface area contributed by atoms with Crippen molar-refractivity contribution in [3.05, 3.63) is 46.2 Å². The number of rotatable bonds is 5. The zero-order valence-corrected chi connectivity index (χ0v) is 13.3. The monoisotopic (exact) mass is 289 g/mol. The van der Waals surface area contributed by atoms with E-state index >= 15 is 0 Å². The smallest absolute Gasteiger partial charge is 0.0943 e. The summed E-state index contributed by atoms with van der Waals surface area (Å²) < 4.78 is 0. The van der Waals surface area contributed by atoms with Gasteiger partial charge in [0, 0.05) is 35.7 Å². The van der Waals surface area contributed by atoms with Gasteiger partial charge in [-0.25, -0.2) is 4.98 Å². The highest BCUT2D eigenvalue weighted by atomic mass is 32.1. The fourth-order valence-corrected chi connectivity index (χ4v) is 3.09.